The maximum absolute atomic E-state index is 11.8. The summed E-state index contributed by atoms with van der Waals surface area (Å²) in [5.41, 5.74) is 0.971. The molecular weight excluding hydrogens is 244 g/mol. The predicted molar refractivity (Wildman–Crippen MR) is 71.4 cm³/mol. The highest BCUT2D eigenvalue weighted by Gasteiger charge is 2.21. The Bertz CT molecular complexity index is 411. The summed E-state index contributed by atoms with van der Waals surface area (Å²) in [4.78, 5) is 11.8. The number of hydrogen-bond donors (Lipinski definition) is 3. The molecule has 0 aromatic carbocycles. The van der Waals surface area contributed by atoms with Crippen molar-refractivity contribution in [3.63, 3.8) is 0 Å². The van der Waals surface area contributed by atoms with E-state index in [1.165, 1.54) is 0 Å². The molecular formula is C13H22N4O2. The van der Waals surface area contributed by atoms with Crippen molar-refractivity contribution < 1.29 is 9.90 Å². The zero-order valence-electron chi connectivity index (χ0n) is 11.3. The summed E-state index contributed by atoms with van der Waals surface area (Å²) in [6, 6.07) is 1.98. The van der Waals surface area contributed by atoms with Crippen molar-refractivity contribution >= 4 is 6.03 Å². The van der Waals surface area contributed by atoms with E-state index >= 15 is 0 Å². The third-order valence-electron chi connectivity index (χ3n) is 3.79. The molecule has 1 aliphatic carbocycles. The molecule has 0 radical (unpaired) electrons. The highest BCUT2D eigenvalue weighted by molar-refractivity contribution is 5.74. The number of aliphatic hydroxyl groups is 1. The summed E-state index contributed by atoms with van der Waals surface area (Å²) in [5.74, 6) is 0.413. The molecule has 1 fully saturated rings. The molecule has 106 valence electrons. The lowest BCUT2D eigenvalue weighted by Crippen LogP contribution is -2.43. The van der Waals surface area contributed by atoms with Crippen LogP contribution in [0.4, 0.5) is 4.79 Å². The van der Waals surface area contributed by atoms with Gasteiger partial charge >= 0.3 is 6.03 Å². The minimum absolute atomic E-state index is 0.131. The first-order chi connectivity index (χ1) is 9.19. The van der Waals surface area contributed by atoms with Gasteiger partial charge in [0.25, 0.3) is 0 Å². The van der Waals surface area contributed by atoms with Crippen LogP contribution in [0, 0.1) is 5.92 Å². The molecule has 2 amide bonds. The number of rotatable bonds is 4. The molecule has 1 aliphatic rings. The minimum atomic E-state index is -0.131. The van der Waals surface area contributed by atoms with E-state index in [4.69, 9.17) is 5.11 Å². The van der Waals surface area contributed by atoms with Crippen molar-refractivity contribution in [1.82, 2.24) is 20.4 Å². The van der Waals surface area contributed by atoms with Crippen LogP contribution < -0.4 is 10.6 Å². The van der Waals surface area contributed by atoms with Crippen molar-refractivity contribution in [1.29, 1.82) is 0 Å². The number of carbonyl (C=O) groups is 1. The van der Waals surface area contributed by atoms with Gasteiger partial charge in [-0.1, -0.05) is 0 Å². The lowest BCUT2D eigenvalue weighted by atomic mass is 9.87. The Balaban J connectivity index is 1.69. The fourth-order valence-electron chi connectivity index (χ4n) is 2.47. The average molecular weight is 266 g/mol. The van der Waals surface area contributed by atoms with E-state index < -0.39 is 0 Å². The molecule has 1 aromatic rings. The summed E-state index contributed by atoms with van der Waals surface area (Å²) < 4.78 is 1.74. The fourth-order valence-corrected chi connectivity index (χ4v) is 2.47. The summed E-state index contributed by atoms with van der Waals surface area (Å²) in [6.07, 6.45) is 5.59. The largest absolute Gasteiger partial charge is 0.396 e. The van der Waals surface area contributed by atoms with Gasteiger partial charge in [0.2, 0.25) is 0 Å². The van der Waals surface area contributed by atoms with Crippen LogP contribution in [0.3, 0.4) is 0 Å². The number of nitrogens with zero attached hydrogens (tertiary/aromatic N) is 2. The Morgan fingerprint density at radius 3 is 2.79 bits per heavy atom. The molecule has 2 rings (SSSR count). The quantitative estimate of drug-likeness (QED) is 0.753. The van der Waals surface area contributed by atoms with Gasteiger partial charge in [-0.25, -0.2) is 4.79 Å². The zero-order valence-corrected chi connectivity index (χ0v) is 11.3. The molecule has 6 heteroatoms. The van der Waals surface area contributed by atoms with Crippen LogP contribution in [0.2, 0.25) is 0 Å². The zero-order chi connectivity index (χ0) is 13.7. The lowest BCUT2D eigenvalue weighted by molar-refractivity contribution is 0.174. The summed E-state index contributed by atoms with van der Waals surface area (Å²) in [6.45, 7) is 0.744. The van der Waals surface area contributed by atoms with Crippen LogP contribution in [-0.2, 0) is 13.6 Å². The predicted octanol–water partition coefficient (Wildman–Crippen LogP) is 0.770. The van der Waals surface area contributed by atoms with Gasteiger partial charge in [0.1, 0.15) is 0 Å². The van der Waals surface area contributed by atoms with Gasteiger partial charge in [-0.05, 0) is 37.7 Å². The van der Waals surface area contributed by atoms with Crippen molar-refractivity contribution in [2.45, 2.75) is 38.3 Å². The number of urea groups is 1. The topological polar surface area (TPSA) is 79.2 Å². The molecule has 3 N–H and O–H groups in total. The number of aliphatic hydroxyl groups excluding tert-OH is 1. The number of nitrogens with one attached hydrogen (secondary N) is 2. The van der Waals surface area contributed by atoms with Crippen molar-refractivity contribution in [3.05, 3.63) is 18.0 Å². The van der Waals surface area contributed by atoms with Crippen molar-refractivity contribution in [3.8, 4) is 0 Å². The smallest absolute Gasteiger partial charge is 0.315 e. The van der Waals surface area contributed by atoms with E-state index in [0.29, 0.717) is 12.5 Å². The van der Waals surface area contributed by atoms with Crippen LogP contribution in [-0.4, -0.2) is 33.6 Å². The first-order valence-electron chi connectivity index (χ1n) is 6.81. The Morgan fingerprint density at radius 1 is 1.47 bits per heavy atom. The normalized spacial score (nSPS) is 23.1. The molecule has 0 unspecified atom stereocenters. The molecule has 0 spiro atoms. The first kappa shape index (κ1) is 13.9. The second-order valence-corrected chi connectivity index (χ2v) is 5.17. The molecule has 1 heterocycles. The highest BCUT2D eigenvalue weighted by Crippen LogP contribution is 2.23. The van der Waals surface area contributed by atoms with Crippen LogP contribution in [0.15, 0.2) is 12.3 Å². The Hall–Kier alpha value is -1.56. The average Bonchev–Trinajstić information content (AvgIpc) is 2.83. The molecule has 1 aromatic heterocycles. The SMILES string of the molecule is Cn1nccc1CNC(=O)NC1CCC(CO)CC1. The second kappa shape index (κ2) is 6.56. The maximum atomic E-state index is 11.8. The van der Waals surface area contributed by atoms with E-state index in [1.807, 2.05) is 13.1 Å². The number of carbonyl (C=O) groups excluding carboxylic acids is 1. The summed E-state index contributed by atoms with van der Waals surface area (Å²) in [7, 11) is 1.85. The minimum Gasteiger partial charge on any atom is -0.396 e. The van der Waals surface area contributed by atoms with E-state index in [9.17, 15) is 4.79 Å². The summed E-state index contributed by atoms with van der Waals surface area (Å²) >= 11 is 0. The molecule has 0 atom stereocenters. The summed E-state index contributed by atoms with van der Waals surface area (Å²) in [5, 5.41) is 18.9. The Labute approximate surface area is 113 Å². The van der Waals surface area contributed by atoms with Gasteiger partial charge in [-0.15, -0.1) is 0 Å². The van der Waals surface area contributed by atoms with Crippen molar-refractivity contribution in [2.75, 3.05) is 6.61 Å². The number of amides is 2. The van der Waals surface area contributed by atoms with Crippen LogP contribution in [0.25, 0.3) is 0 Å². The van der Waals surface area contributed by atoms with Gasteiger partial charge in [0.05, 0.1) is 12.2 Å². The number of hydrogen-bond acceptors (Lipinski definition) is 3. The maximum Gasteiger partial charge on any atom is 0.315 e. The van der Waals surface area contributed by atoms with E-state index in [-0.39, 0.29) is 18.7 Å². The van der Waals surface area contributed by atoms with Crippen LogP contribution in [0.1, 0.15) is 31.4 Å². The highest BCUT2D eigenvalue weighted by atomic mass is 16.3. The molecule has 0 bridgehead atoms. The molecule has 6 nitrogen and oxygen atoms in total. The third kappa shape index (κ3) is 3.96. The Morgan fingerprint density at radius 2 is 2.21 bits per heavy atom. The van der Waals surface area contributed by atoms with Crippen LogP contribution >= 0.6 is 0 Å². The van der Waals surface area contributed by atoms with Crippen molar-refractivity contribution in [2.24, 2.45) is 13.0 Å². The molecule has 1 saturated carbocycles. The molecule has 0 saturated heterocycles. The lowest BCUT2D eigenvalue weighted by Gasteiger charge is -2.27. The van der Waals surface area contributed by atoms with Gasteiger partial charge in [-0.3, -0.25) is 4.68 Å². The van der Waals surface area contributed by atoms with E-state index in [2.05, 4.69) is 15.7 Å². The monoisotopic (exact) mass is 266 g/mol. The number of aromatic nitrogens is 2. The van der Waals surface area contributed by atoms with Gasteiger partial charge in [0.15, 0.2) is 0 Å². The molecule has 0 aliphatic heterocycles. The first-order valence-corrected chi connectivity index (χ1v) is 6.81. The molecule has 19 heavy (non-hydrogen) atoms. The fraction of sp³-hybridized carbons (Fsp3) is 0.692. The van der Waals surface area contributed by atoms with Crippen LogP contribution in [0.5, 0.6) is 0 Å². The van der Waals surface area contributed by atoms with Gasteiger partial charge in [-0.2, -0.15) is 5.10 Å². The van der Waals surface area contributed by atoms with Gasteiger partial charge in [0, 0.05) is 25.9 Å². The Kier molecular flexibility index (Phi) is 4.79. The third-order valence-corrected chi connectivity index (χ3v) is 3.79. The standard InChI is InChI=1S/C13H22N4O2/c1-17-12(6-7-15-17)8-14-13(19)16-11-4-2-10(9-18)3-5-11/h6-7,10-11,18H,2-5,8-9H2,1H3,(H2,14,16,19). The van der Waals surface area contributed by atoms with E-state index in [1.54, 1.807) is 10.9 Å². The second-order valence-electron chi connectivity index (χ2n) is 5.17. The van der Waals surface area contributed by atoms with E-state index in [0.717, 1.165) is 31.4 Å². The number of aryl methyl sites for hydroxylation is 1. The van der Waals surface area contributed by atoms with Gasteiger partial charge < -0.3 is 15.7 Å².